The molecule has 0 spiro atoms. The Balaban J connectivity index is 0.875. The largest absolute Gasteiger partial charge is 0.237 e. The molecule has 0 saturated heterocycles. The summed E-state index contributed by atoms with van der Waals surface area (Å²) in [6.07, 6.45) is 0. The fourth-order valence-corrected chi connectivity index (χ4v) is 11.2. The van der Waals surface area contributed by atoms with Gasteiger partial charge in [0.1, 0.15) is 0 Å². The molecular weight excluding hydrogens is 849 g/mol. The van der Waals surface area contributed by atoms with Gasteiger partial charge in [-0.1, -0.05) is 224 Å². The molecule has 4 nitrogen and oxygen atoms in total. The van der Waals surface area contributed by atoms with Crippen LogP contribution in [0.15, 0.2) is 231 Å². The van der Waals surface area contributed by atoms with Crippen LogP contribution in [0.4, 0.5) is 5.69 Å². The Morgan fingerprint density at radius 2 is 0.729 bits per heavy atom. The first-order chi connectivity index (χ1) is 34.7. The predicted molar refractivity (Wildman–Crippen MR) is 288 cm³/mol. The van der Waals surface area contributed by atoms with Crippen molar-refractivity contribution in [2.75, 3.05) is 0 Å². The van der Waals surface area contributed by atoms with Crippen molar-refractivity contribution in [3.8, 4) is 123 Å². The Kier molecular flexibility index (Phi) is 8.92. The molecule has 1 heterocycles. The van der Waals surface area contributed by atoms with Crippen LogP contribution in [-0.2, 0) is 0 Å². The normalized spacial score (nSPS) is 11.7. The molecule has 0 atom stereocenters. The molecular formula is C66H38N4. The zero-order chi connectivity index (χ0) is 46.3. The molecule has 1 aromatic heterocycles. The van der Waals surface area contributed by atoms with E-state index in [0.717, 1.165) is 50.1 Å². The lowest BCUT2D eigenvalue weighted by atomic mass is 9.88. The van der Waals surface area contributed by atoms with Gasteiger partial charge in [0.15, 0.2) is 23.2 Å². The maximum atomic E-state index is 8.42. The first-order valence-corrected chi connectivity index (χ1v) is 23.6. The van der Waals surface area contributed by atoms with Gasteiger partial charge in [0.05, 0.1) is 6.57 Å². The van der Waals surface area contributed by atoms with Crippen LogP contribution in [0.2, 0.25) is 0 Å². The van der Waals surface area contributed by atoms with E-state index in [1.54, 1.807) is 0 Å². The first-order valence-electron chi connectivity index (χ1n) is 23.6. The van der Waals surface area contributed by atoms with Crippen molar-refractivity contribution in [2.45, 2.75) is 0 Å². The second-order valence-electron chi connectivity index (χ2n) is 18.1. The van der Waals surface area contributed by atoms with Crippen molar-refractivity contribution >= 4 is 27.2 Å². The molecule has 0 saturated carbocycles. The van der Waals surface area contributed by atoms with E-state index in [-0.39, 0.29) is 0 Å². The van der Waals surface area contributed by atoms with Crippen LogP contribution in [0.5, 0.6) is 0 Å². The summed E-state index contributed by atoms with van der Waals surface area (Å²) in [4.78, 5) is 19.8. The zero-order valence-electron chi connectivity index (χ0n) is 37.7. The average molecular weight is 887 g/mol. The Bertz CT molecular complexity index is 4150. The van der Waals surface area contributed by atoms with E-state index in [9.17, 15) is 0 Å². The number of nitrogens with zero attached hydrogens (tertiary/aromatic N) is 4. The smallest absolute Gasteiger partial charge is 0.195 e. The van der Waals surface area contributed by atoms with E-state index in [2.05, 4.69) is 181 Å². The molecule has 0 N–H and O–H groups in total. The van der Waals surface area contributed by atoms with Crippen molar-refractivity contribution in [2.24, 2.45) is 0 Å². The van der Waals surface area contributed by atoms with Crippen LogP contribution in [0.1, 0.15) is 0 Å². The number of fused-ring (bicyclic) bond motifs is 6. The quantitative estimate of drug-likeness (QED) is 0.150. The number of aromatic nitrogens is 3. The van der Waals surface area contributed by atoms with Gasteiger partial charge in [0.25, 0.3) is 0 Å². The highest BCUT2D eigenvalue weighted by Crippen LogP contribution is 2.51. The predicted octanol–water partition coefficient (Wildman–Crippen LogP) is 17.7. The second kappa shape index (κ2) is 15.8. The molecule has 4 heteroatoms. The van der Waals surface area contributed by atoms with Crippen LogP contribution in [0.25, 0.3) is 150 Å². The van der Waals surface area contributed by atoms with Crippen molar-refractivity contribution in [1.82, 2.24) is 15.0 Å². The van der Waals surface area contributed by atoms with E-state index in [0.29, 0.717) is 23.2 Å². The molecule has 0 fully saturated rings. The summed E-state index contributed by atoms with van der Waals surface area (Å²) < 4.78 is 0. The molecule has 0 unspecified atom stereocenters. The molecule has 70 heavy (non-hydrogen) atoms. The standard InChI is InChI=1S/C66H38N4/c1-67-60-30-14-29-53(62(60)42-33-31-40(32-34-42)45-19-5-6-20-46(45)50-37-38-57-48-22-8-7-21-47(48)54-27-13-28-55(50)63(54)57)49-23-9-10-24-58(49)66-69-64(43-15-3-2-4-16-43)68-65(70-66)44-35-36-51-52-25-11-17-41-18-12-26-56(61(41)52)59(51)39-44/h2-39H. The van der Waals surface area contributed by atoms with Gasteiger partial charge >= 0.3 is 0 Å². The number of benzene rings is 11. The highest BCUT2D eigenvalue weighted by atomic mass is 15.0. The number of hydrogen-bond acceptors (Lipinski definition) is 3. The summed E-state index contributed by atoms with van der Waals surface area (Å²) in [5.41, 5.74) is 21.6. The van der Waals surface area contributed by atoms with E-state index >= 15 is 0 Å². The van der Waals surface area contributed by atoms with E-state index in [1.165, 1.54) is 77.2 Å². The lowest BCUT2D eigenvalue weighted by Crippen LogP contribution is -2.01. The second-order valence-corrected chi connectivity index (χ2v) is 18.1. The van der Waals surface area contributed by atoms with Gasteiger partial charge in [-0.3, -0.25) is 0 Å². The van der Waals surface area contributed by atoms with Crippen LogP contribution in [0.3, 0.4) is 0 Å². The fraction of sp³-hybridized carbons (Fsp3) is 0. The Morgan fingerprint density at radius 1 is 0.271 bits per heavy atom. The van der Waals surface area contributed by atoms with Crippen molar-refractivity contribution in [1.29, 1.82) is 0 Å². The molecule has 12 aromatic rings. The first kappa shape index (κ1) is 39.6. The Labute approximate surface area is 405 Å². The zero-order valence-corrected chi connectivity index (χ0v) is 37.7. The van der Waals surface area contributed by atoms with Gasteiger partial charge in [-0.25, -0.2) is 19.8 Å². The SMILES string of the molecule is [C-]#[N+]c1cccc(-c2ccccc2-c2nc(-c3ccccc3)nc(-c3ccc4c(c3)-c3cccc5cccc-4c35)n2)c1-c1ccc(-c2ccccc2-c2ccc3c4c(cccc24)-c2ccccc2-3)cc1. The third-order valence-electron chi connectivity index (χ3n) is 14.3. The topological polar surface area (TPSA) is 43.0 Å². The Morgan fingerprint density at radius 3 is 1.44 bits per heavy atom. The fourth-order valence-electron chi connectivity index (χ4n) is 11.2. The molecule has 0 amide bonds. The molecule has 14 rings (SSSR count). The van der Waals surface area contributed by atoms with Crippen molar-refractivity contribution < 1.29 is 0 Å². The van der Waals surface area contributed by atoms with Gasteiger partial charge in [-0.2, -0.15) is 0 Å². The maximum Gasteiger partial charge on any atom is 0.195 e. The minimum atomic E-state index is 0.559. The summed E-state index contributed by atoms with van der Waals surface area (Å²) in [6.45, 7) is 8.42. The van der Waals surface area contributed by atoms with E-state index < -0.39 is 0 Å². The molecule has 2 aliphatic rings. The van der Waals surface area contributed by atoms with Gasteiger partial charge < -0.3 is 0 Å². The molecule has 2 aliphatic carbocycles. The van der Waals surface area contributed by atoms with Gasteiger partial charge in [-0.05, 0) is 117 Å². The molecule has 322 valence electrons. The van der Waals surface area contributed by atoms with Crippen LogP contribution in [0, 0.1) is 6.57 Å². The van der Waals surface area contributed by atoms with E-state index in [4.69, 9.17) is 21.5 Å². The van der Waals surface area contributed by atoms with E-state index in [1.807, 2.05) is 54.6 Å². The van der Waals surface area contributed by atoms with Crippen molar-refractivity contribution in [3.63, 3.8) is 0 Å². The van der Waals surface area contributed by atoms with Crippen LogP contribution >= 0.6 is 0 Å². The minimum Gasteiger partial charge on any atom is -0.237 e. The van der Waals surface area contributed by atoms with Crippen molar-refractivity contribution in [3.05, 3.63) is 242 Å². The number of rotatable bonds is 7. The summed E-state index contributed by atoms with van der Waals surface area (Å²) in [6, 6.07) is 81.4. The average Bonchev–Trinajstić information content (AvgIpc) is 3.94. The van der Waals surface area contributed by atoms with Crippen LogP contribution < -0.4 is 0 Å². The lowest BCUT2D eigenvalue weighted by molar-refractivity contribution is 1.07. The summed E-state index contributed by atoms with van der Waals surface area (Å²) in [5, 5.41) is 5.08. The Hall–Kier alpha value is -9.56. The molecule has 0 aliphatic heterocycles. The van der Waals surface area contributed by atoms with Gasteiger partial charge in [0, 0.05) is 16.7 Å². The summed E-state index contributed by atoms with van der Waals surface area (Å²) in [7, 11) is 0. The molecule has 0 bridgehead atoms. The monoisotopic (exact) mass is 886 g/mol. The number of hydrogen-bond donors (Lipinski definition) is 0. The third kappa shape index (κ3) is 6.12. The maximum absolute atomic E-state index is 8.42. The minimum absolute atomic E-state index is 0.559. The summed E-state index contributed by atoms with van der Waals surface area (Å²) >= 11 is 0. The van der Waals surface area contributed by atoms with Gasteiger partial charge in [-0.15, -0.1) is 0 Å². The third-order valence-corrected chi connectivity index (χ3v) is 14.3. The highest BCUT2D eigenvalue weighted by molar-refractivity contribution is 6.19. The highest BCUT2D eigenvalue weighted by Gasteiger charge is 2.26. The summed E-state index contributed by atoms with van der Waals surface area (Å²) in [5.74, 6) is 1.75. The van der Waals surface area contributed by atoms with Gasteiger partial charge in [0.2, 0.25) is 0 Å². The molecule has 11 aromatic carbocycles. The molecule has 0 radical (unpaired) electrons. The lowest BCUT2D eigenvalue weighted by Gasteiger charge is -2.17. The van der Waals surface area contributed by atoms with Crippen LogP contribution in [-0.4, -0.2) is 15.0 Å².